The lowest BCUT2D eigenvalue weighted by atomic mass is 10.00. The molecular weight excluding hydrogens is 570 g/mol. The molecule has 0 bridgehead atoms. The van der Waals surface area contributed by atoms with Gasteiger partial charge in [0, 0.05) is 12.1 Å². The topological polar surface area (TPSA) is 87.7 Å². The Morgan fingerprint density at radius 2 is 1.79 bits per heavy atom. The van der Waals surface area contributed by atoms with Gasteiger partial charge in [-0.15, -0.1) is 6.42 Å². The van der Waals surface area contributed by atoms with Crippen molar-refractivity contribution in [3.63, 3.8) is 0 Å². The second-order valence-corrected chi connectivity index (χ2v) is 12.6. The van der Waals surface area contributed by atoms with Gasteiger partial charge in [-0.2, -0.15) is 11.8 Å². The maximum Gasteiger partial charge on any atom is 0.408 e. The molecule has 9 heteroatoms. The van der Waals surface area contributed by atoms with Crippen molar-refractivity contribution in [2.75, 3.05) is 23.9 Å². The fraction of sp³-hybridized carbons (Fsp3) is 0.485. The molecule has 2 aromatic rings. The van der Waals surface area contributed by atoms with Crippen molar-refractivity contribution in [2.45, 2.75) is 84.4 Å². The molecule has 0 aliphatic carbocycles. The highest BCUT2D eigenvalue weighted by molar-refractivity contribution is 7.98. The number of nitrogens with one attached hydrogen (secondary N) is 2. The van der Waals surface area contributed by atoms with Crippen molar-refractivity contribution in [1.29, 1.82) is 0 Å². The van der Waals surface area contributed by atoms with Crippen LogP contribution < -0.4 is 10.6 Å². The number of aryl methyl sites for hydroxylation is 1. The average molecular weight is 614 g/mol. The van der Waals surface area contributed by atoms with Crippen molar-refractivity contribution in [2.24, 2.45) is 0 Å². The summed E-state index contributed by atoms with van der Waals surface area (Å²) in [5.41, 5.74) is 1.80. The van der Waals surface area contributed by atoms with E-state index in [4.69, 9.17) is 22.8 Å². The van der Waals surface area contributed by atoms with E-state index < -0.39 is 29.7 Å². The second kappa shape index (κ2) is 17.1. The van der Waals surface area contributed by atoms with Gasteiger partial charge in [-0.25, -0.2) is 4.79 Å². The second-order valence-electron chi connectivity index (χ2n) is 11.2. The molecule has 0 aliphatic rings. The summed E-state index contributed by atoms with van der Waals surface area (Å²) in [5.74, 6) is 2.45. The lowest BCUT2D eigenvalue weighted by Crippen LogP contribution is -2.52. The van der Waals surface area contributed by atoms with Crippen molar-refractivity contribution >= 4 is 47.0 Å². The van der Waals surface area contributed by atoms with Crippen LogP contribution in [0.25, 0.3) is 0 Å². The molecule has 2 N–H and O–H groups in total. The summed E-state index contributed by atoms with van der Waals surface area (Å²) in [6, 6.07) is 10.5. The molecule has 0 spiro atoms. The summed E-state index contributed by atoms with van der Waals surface area (Å²) in [7, 11) is 0. The number of nitrogens with zero attached hydrogens (tertiary/aromatic N) is 1. The number of alkyl carbamates (subject to hydrolysis) is 1. The van der Waals surface area contributed by atoms with Crippen molar-refractivity contribution in [3.05, 3.63) is 64.2 Å². The Kier molecular flexibility index (Phi) is 14.3. The zero-order valence-corrected chi connectivity index (χ0v) is 27.2. The third-order valence-electron chi connectivity index (χ3n) is 6.56. The highest BCUT2D eigenvalue weighted by Crippen LogP contribution is 2.30. The number of rotatable bonds is 14. The van der Waals surface area contributed by atoms with Gasteiger partial charge < -0.3 is 20.3 Å². The van der Waals surface area contributed by atoms with Gasteiger partial charge in [0.15, 0.2) is 0 Å². The van der Waals surface area contributed by atoms with Crippen LogP contribution in [0, 0.1) is 19.3 Å². The monoisotopic (exact) mass is 613 g/mol. The molecule has 3 amide bonds. The third-order valence-corrected chi connectivity index (χ3v) is 7.52. The van der Waals surface area contributed by atoms with Crippen molar-refractivity contribution in [1.82, 2.24) is 10.2 Å². The van der Waals surface area contributed by atoms with E-state index in [2.05, 4.69) is 23.5 Å². The quantitative estimate of drug-likeness (QED) is 0.172. The number of anilines is 1. The van der Waals surface area contributed by atoms with Crippen molar-refractivity contribution in [3.8, 4) is 12.3 Å². The molecule has 2 unspecified atom stereocenters. The molecule has 0 aromatic heterocycles. The van der Waals surface area contributed by atoms with Crippen LogP contribution in [0.2, 0.25) is 5.02 Å². The average Bonchev–Trinajstić information content (AvgIpc) is 2.93. The third kappa shape index (κ3) is 10.9. The molecule has 0 radical (unpaired) electrons. The van der Waals surface area contributed by atoms with Crippen LogP contribution in [0.3, 0.4) is 0 Å². The van der Waals surface area contributed by atoms with Crippen LogP contribution in [0.4, 0.5) is 10.5 Å². The first-order valence-electron chi connectivity index (χ1n) is 14.3. The Morgan fingerprint density at radius 3 is 2.36 bits per heavy atom. The SMILES string of the molecule is C#Cc1ccc(C(C(=O)Nc2c(C)cccc2Cl)N(CCCCCC)C(=O)C(CCSC)NC(=O)OC(C)(C)C)cc1. The van der Waals surface area contributed by atoms with E-state index in [0.717, 1.165) is 24.8 Å². The van der Waals surface area contributed by atoms with E-state index in [9.17, 15) is 14.4 Å². The molecule has 0 heterocycles. The number of carbonyl (C=O) groups excluding carboxylic acids is 3. The van der Waals surface area contributed by atoms with Crippen LogP contribution in [0.15, 0.2) is 42.5 Å². The van der Waals surface area contributed by atoms with Crippen LogP contribution in [-0.4, -0.2) is 53.0 Å². The molecule has 0 saturated carbocycles. The Balaban J connectivity index is 2.59. The molecule has 2 atom stereocenters. The van der Waals surface area contributed by atoms with Gasteiger partial charge in [-0.3, -0.25) is 9.59 Å². The summed E-state index contributed by atoms with van der Waals surface area (Å²) < 4.78 is 5.47. The first-order valence-corrected chi connectivity index (χ1v) is 16.1. The van der Waals surface area contributed by atoms with Gasteiger partial charge in [0.05, 0.1) is 10.7 Å². The minimum Gasteiger partial charge on any atom is -0.444 e. The number of benzene rings is 2. The summed E-state index contributed by atoms with van der Waals surface area (Å²) in [6.07, 6.45) is 10.8. The number of hydrogen-bond acceptors (Lipinski definition) is 5. The lowest BCUT2D eigenvalue weighted by Gasteiger charge is -2.35. The molecule has 2 aromatic carbocycles. The number of amides is 3. The predicted molar refractivity (Wildman–Crippen MR) is 174 cm³/mol. The fourth-order valence-electron chi connectivity index (χ4n) is 4.43. The molecule has 7 nitrogen and oxygen atoms in total. The molecule has 0 saturated heterocycles. The number of halogens is 1. The zero-order valence-electron chi connectivity index (χ0n) is 25.6. The largest absolute Gasteiger partial charge is 0.444 e. The maximum absolute atomic E-state index is 14.4. The number of unbranched alkanes of at least 4 members (excludes halogenated alkanes) is 3. The van der Waals surface area contributed by atoms with Gasteiger partial charge in [0.2, 0.25) is 5.91 Å². The van der Waals surface area contributed by atoms with E-state index in [1.165, 1.54) is 0 Å². The number of terminal acetylenes is 1. The normalized spacial score (nSPS) is 12.5. The smallest absolute Gasteiger partial charge is 0.408 e. The lowest BCUT2D eigenvalue weighted by molar-refractivity contribution is -0.141. The predicted octanol–water partition coefficient (Wildman–Crippen LogP) is 7.36. The molecule has 2 rings (SSSR count). The van der Waals surface area contributed by atoms with Gasteiger partial charge in [0.25, 0.3) is 5.91 Å². The molecule has 0 fully saturated rings. The summed E-state index contributed by atoms with van der Waals surface area (Å²) in [5, 5.41) is 6.15. The molecule has 228 valence electrons. The first kappa shape index (κ1) is 35.0. The molecule has 42 heavy (non-hydrogen) atoms. The number of thioether (sulfide) groups is 1. The van der Waals surface area contributed by atoms with Crippen molar-refractivity contribution < 1.29 is 19.1 Å². The Morgan fingerprint density at radius 1 is 1.10 bits per heavy atom. The number of ether oxygens (including phenoxy) is 1. The number of hydrogen-bond donors (Lipinski definition) is 2. The number of carbonyl (C=O) groups is 3. The van der Waals surface area contributed by atoms with E-state index in [1.807, 2.05) is 25.3 Å². The number of para-hydroxylation sites is 1. The highest BCUT2D eigenvalue weighted by atomic mass is 35.5. The minimum atomic E-state index is -1.00. The van der Waals surface area contributed by atoms with Crippen LogP contribution in [-0.2, 0) is 14.3 Å². The van der Waals surface area contributed by atoms with Crippen LogP contribution >= 0.6 is 23.4 Å². The van der Waals surface area contributed by atoms with Gasteiger partial charge in [0.1, 0.15) is 17.7 Å². The van der Waals surface area contributed by atoms with Crippen LogP contribution in [0.1, 0.15) is 82.5 Å². The van der Waals surface area contributed by atoms with E-state index in [0.29, 0.717) is 47.0 Å². The summed E-state index contributed by atoms with van der Waals surface area (Å²) in [6.45, 7) is 9.59. The molecular formula is C33H44ClN3O4S. The maximum atomic E-state index is 14.4. The van der Waals surface area contributed by atoms with Gasteiger partial charge in [-0.1, -0.05) is 68.0 Å². The molecule has 0 aliphatic heterocycles. The minimum absolute atomic E-state index is 0.321. The van der Waals surface area contributed by atoms with E-state index in [-0.39, 0.29) is 5.91 Å². The zero-order chi connectivity index (χ0) is 31.3. The Bertz CT molecular complexity index is 1220. The summed E-state index contributed by atoms with van der Waals surface area (Å²) >= 11 is 8.03. The highest BCUT2D eigenvalue weighted by Gasteiger charge is 2.36. The summed E-state index contributed by atoms with van der Waals surface area (Å²) in [4.78, 5) is 42.9. The van der Waals surface area contributed by atoms with Gasteiger partial charge in [-0.05, 0) is 81.9 Å². The Hall–Kier alpha value is -3.15. The fourth-order valence-corrected chi connectivity index (χ4v) is 5.18. The standard InChI is InChI=1S/C33H44ClN3O4S/c1-8-10-11-12-21-37(31(39)27(20-22-42-7)35-32(40)41-33(4,5)6)29(25-18-16-24(9-2)17-19-25)30(38)36-28-23(3)14-13-15-26(28)34/h2,13-19,27,29H,8,10-12,20-22H2,1,3-7H3,(H,35,40)(H,36,38). The first-order chi connectivity index (χ1) is 19.9. The van der Waals surface area contributed by atoms with E-state index >= 15 is 0 Å². The van der Waals surface area contributed by atoms with Gasteiger partial charge >= 0.3 is 6.09 Å². The van der Waals surface area contributed by atoms with Crippen LogP contribution in [0.5, 0.6) is 0 Å². The Labute approximate surface area is 260 Å². The van der Waals surface area contributed by atoms with E-state index in [1.54, 1.807) is 67.8 Å².